The molecule has 126 valence electrons. The maximum atomic E-state index is 10.9. The molecule has 5 rings (SSSR count). The summed E-state index contributed by atoms with van der Waals surface area (Å²) in [5.74, 6) is 1.51. The van der Waals surface area contributed by atoms with E-state index in [1.165, 1.54) is 30.0 Å². The highest BCUT2D eigenvalue weighted by Crippen LogP contribution is 2.57. The maximum absolute atomic E-state index is 10.9. The molecule has 0 spiro atoms. The third-order valence-electron chi connectivity index (χ3n) is 6.52. The van der Waals surface area contributed by atoms with Crippen molar-refractivity contribution in [3.8, 4) is 0 Å². The minimum Gasteiger partial charge on any atom is -0.390 e. The van der Waals surface area contributed by atoms with E-state index in [9.17, 15) is 5.11 Å². The Morgan fingerprint density at radius 2 is 1.65 bits per heavy atom. The van der Waals surface area contributed by atoms with E-state index in [0.29, 0.717) is 0 Å². The van der Waals surface area contributed by atoms with Gasteiger partial charge in [-0.05, 0) is 55.9 Å². The van der Waals surface area contributed by atoms with Crippen LogP contribution in [0.3, 0.4) is 0 Å². The molecule has 4 aliphatic carbocycles. The molecule has 4 atom stereocenters. The third kappa shape index (κ3) is 3.03. The predicted molar refractivity (Wildman–Crippen MR) is 98.6 cm³/mol. The standard InChI is InChI=1S/C20H31NOSi/c1-23(2,3)18-6-4-15(5-7-18)13-21-19-9-16-8-17(10-19)12-20(22,11-16)14-19/h4-7,16-17,21-22H,8-14H2,1-3H3/t16-,17+,19-,20+. The van der Waals surface area contributed by atoms with Crippen LogP contribution in [-0.2, 0) is 6.54 Å². The minimum atomic E-state index is -1.20. The second-order valence-electron chi connectivity index (χ2n) is 9.77. The van der Waals surface area contributed by atoms with Gasteiger partial charge in [-0.25, -0.2) is 0 Å². The van der Waals surface area contributed by atoms with Crippen molar-refractivity contribution in [3.63, 3.8) is 0 Å². The Balaban J connectivity index is 1.45. The molecule has 2 nitrogen and oxygen atoms in total. The van der Waals surface area contributed by atoms with E-state index in [-0.39, 0.29) is 11.1 Å². The molecule has 4 aliphatic rings. The number of benzene rings is 1. The van der Waals surface area contributed by atoms with Crippen LogP contribution in [0.4, 0.5) is 0 Å². The van der Waals surface area contributed by atoms with Gasteiger partial charge in [0.25, 0.3) is 0 Å². The molecule has 4 fully saturated rings. The van der Waals surface area contributed by atoms with Crippen molar-refractivity contribution in [2.24, 2.45) is 11.8 Å². The van der Waals surface area contributed by atoms with Crippen molar-refractivity contribution < 1.29 is 5.11 Å². The van der Waals surface area contributed by atoms with Crippen LogP contribution in [-0.4, -0.2) is 24.3 Å². The fraction of sp³-hybridized carbons (Fsp3) is 0.700. The molecule has 4 saturated carbocycles. The third-order valence-corrected chi connectivity index (χ3v) is 8.58. The van der Waals surface area contributed by atoms with Crippen molar-refractivity contribution in [2.45, 2.75) is 75.9 Å². The number of aliphatic hydroxyl groups is 1. The summed E-state index contributed by atoms with van der Waals surface area (Å²) in [6.45, 7) is 8.14. The number of hydrogen-bond donors (Lipinski definition) is 2. The van der Waals surface area contributed by atoms with Crippen molar-refractivity contribution in [1.82, 2.24) is 5.32 Å². The van der Waals surface area contributed by atoms with Gasteiger partial charge in [0, 0.05) is 12.1 Å². The van der Waals surface area contributed by atoms with Gasteiger partial charge in [0.15, 0.2) is 0 Å². The van der Waals surface area contributed by atoms with Crippen molar-refractivity contribution >= 4 is 13.3 Å². The summed E-state index contributed by atoms with van der Waals surface area (Å²) >= 11 is 0. The summed E-state index contributed by atoms with van der Waals surface area (Å²) in [5.41, 5.74) is 1.23. The lowest BCUT2D eigenvalue weighted by atomic mass is 9.51. The molecule has 3 heteroatoms. The molecular formula is C20H31NOSi. The average molecular weight is 330 g/mol. The monoisotopic (exact) mass is 329 g/mol. The maximum Gasteiger partial charge on any atom is 0.0775 e. The Morgan fingerprint density at radius 1 is 1.04 bits per heavy atom. The second-order valence-corrected chi connectivity index (χ2v) is 14.8. The lowest BCUT2D eigenvalue weighted by molar-refractivity contribution is -0.142. The highest BCUT2D eigenvalue weighted by atomic mass is 28.3. The van der Waals surface area contributed by atoms with E-state index in [0.717, 1.165) is 37.6 Å². The molecule has 1 aromatic carbocycles. The van der Waals surface area contributed by atoms with E-state index >= 15 is 0 Å². The van der Waals surface area contributed by atoms with Crippen LogP contribution in [0.25, 0.3) is 0 Å². The van der Waals surface area contributed by atoms with Crippen molar-refractivity contribution in [3.05, 3.63) is 29.8 Å². The quantitative estimate of drug-likeness (QED) is 0.830. The zero-order chi connectivity index (χ0) is 16.3. The molecule has 2 N–H and O–H groups in total. The summed E-state index contributed by atoms with van der Waals surface area (Å²) in [4.78, 5) is 0. The van der Waals surface area contributed by atoms with Gasteiger partial charge in [-0.3, -0.25) is 0 Å². The smallest absolute Gasteiger partial charge is 0.0775 e. The summed E-state index contributed by atoms with van der Waals surface area (Å²) in [5, 5.41) is 16.3. The lowest BCUT2D eigenvalue weighted by Crippen LogP contribution is -2.64. The summed E-state index contributed by atoms with van der Waals surface area (Å²) in [6.07, 6.45) is 6.99. The first-order chi connectivity index (χ1) is 10.8. The largest absolute Gasteiger partial charge is 0.390 e. The first kappa shape index (κ1) is 15.9. The van der Waals surface area contributed by atoms with E-state index in [2.05, 4.69) is 49.2 Å². The van der Waals surface area contributed by atoms with E-state index < -0.39 is 8.07 Å². The Labute approximate surface area is 141 Å². The number of hydrogen-bond acceptors (Lipinski definition) is 2. The summed E-state index contributed by atoms with van der Waals surface area (Å²) in [6, 6.07) is 9.26. The predicted octanol–water partition coefficient (Wildman–Crippen LogP) is 3.41. The lowest BCUT2D eigenvalue weighted by Gasteiger charge is -2.60. The van der Waals surface area contributed by atoms with Gasteiger partial charge in [-0.15, -0.1) is 0 Å². The Kier molecular flexibility index (Phi) is 3.57. The molecule has 4 bridgehead atoms. The summed E-state index contributed by atoms with van der Waals surface area (Å²) in [7, 11) is -1.20. The zero-order valence-corrected chi connectivity index (χ0v) is 15.9. The fourth-order valence-electron chi connectivity index (χ4n) is 5.83. The number of rotatable bonds is 4. The minimum absolute atomic E-state index is 0.205. The molecule has 0 amide bonds. The van der Waals surface area contributed by atoms with Gasteiger partial charge < -0.3 is 10.4 Å². The molecule has 0 radical (unpaired) electrons. The highest BCUT2D eigenvalue weighted by molar-refractivity contribution is 6.88. The van der Waals surface area contributed by atoms with E-state index in [1.54, 1.807) is 0 Å². The van der Waals surface area contributed by atoms with Crippen LogP contribution in [0.1, 0.15) is 44.1 Å². The average Bonchev–Trinajstić information content (AvgIpc) is 2.42. The van der Waals surface area contributed by atoms with Crippen LogP contribution in [0.15, 0.2) is 24.3 Å². The Hall–Kier alpha value is -0.643. The molecule has 23 heavy (non-hydrogen) atoms. The van der Waals surface area contributed by atoms with Crippen LogP contribution in [0, 0.1) is 11.8 Å². The van der Waals surface area contributed by atoms with E-state index in [1.807, 2.05) is 0 Å². The van der Waals surface area contributed by atoms with E-state index in [4.69, 9.17) is 0 Å². The molecular weight excluding hydrogens is 298 g/mol. The fourth-order valence-corrected chi connectivity index (χ4v) is 7.00. The zero-order valence-electron chi connectivity index (χ0n) is 14.9. The van der Waals surface area contributed by atoms with Gasteiger partial charge in [0.05, 0.1) is 13.7 Å². The van der Waals surface area contributed by atoms with Gasteiger partial charge in [-0.1, -0.05) is 49.1 Å². The normalized spacial score (nSPS) is 39.0. The van der Waals surface area contributed by atoms with Crippen LogP contribution >= 0.6 is 0 Å². The Morgan fingerprint density at radius 3 is 2.17 bits per heavy atom. The molecule has 0 saturated heterocycles. The molecule has 0 aliphatic heterocycles. The van der Waals surface area contributed by atoms with Crippen molar-refractivity contribution in [2.75, 3.05) is 0 Å². The van der Waals surface area contributed by atoms with Gasteiger partial charge in [0.1, 0.15) is 0 Å². The highest BCUT2D eigenvalue weighted by Gasteiger charge is 2.56. The molecule has 0 aromatic heterocycles. The van der Waals surface area contributed by atoms with Crippen LogP contribution < -0.4 is 10.5 Å². The molecule has 1 aromatic rings. The molecule has 0 unspecified atom stereocenters. The topological polar surface area (TPSA) is 32.3 Å². The SMILES string of the molecule is C[Si](C)(C)c1ccc(CN[C@]23C[C@@H]4C[C@@H](C[C@](O)(C4)C2)C3)cc1. The van der Waals surface area contributed by atoms with Gasteiger partial charge in [-0.2, -0.15) is 0 Å². The van der Waals surface area contributed by atoms with Crippen LogP contribution in [0.5, 0.6) is 0 Å². The number of nitrogens with one attached hydrogen (secondary N) is 1. The van der Waals surface area contributed by atoms with Gasteiger partial charge in [0.2, 0.25) is 0 Å². The van der Waals surface area contributed by atoms with Crippen LogP contribution in [0.2, 0.25) is 19.6 Å². The summed E-state index contributed by atoms with van der Waals surface area (Å²) < 4.78 is 0. The second kappa shape index (κ2) is 5.17. The van der Waals surface area contributed by atoms with Crippen molar-refractivity contribution in [1.29, 1.82) is 0 Å². The first-order valence-electron chi connectivity index (χ1n) is 9.32. The first-order valence-corrected chi connectivity index (χ1v) is 12.8. The Bertz CT molecular complexity index is 575. The molecule has 0 heterocycles. The van der Waals surface area contributed by atoms with Gasteiger partial charge >= 0.3 is 0 Å².